The van der Waals surface area contributed by atoms with Crippen molar-refractivity contribution < 1.29 is 33.0 Å². The molecule has 14 heteroatoms. The standard InChI is InChI=1S/C46H63FN6O6S/c1-33(2)44-50-39(31-60-44)45(56)52-25-28-59-46(32-52)18-22-51(23-19-46)29-36-11-7-9-34(42(36)47)16-26-57-27-17-41(55)53(37-12-5-3-4-6-13-37)24-21-48-20-15-35-10-8-14-38-43(35)58-30-40(54)49-38/h7-11,14,31,33,37,48H,3-6,12-13,15-30,32H2,1-2H3,(H,49,54). The van der Waals surface area contributed by atoms with E-state index in [9.17, 15) is 14.4 Å². The molecule has 4 aliphatic rings. The van der Waals surface area contributed by atoms with E-state index in [0.29, 0.717) is 93.8 Å². The van der Waals surface area contributed by atoms with E-state index in [1.54, 1.807) is 0 Å². The lowest BCUT2D eigenvalue weighted by molar-refractivity contribution is -0.135. The summed E-state index contributed by atoms with van der Waals surface area (Å²) in [7, 11) is 0. The Kier molecular flexibility index (Phi) is 15.6. The number of fused-ring (bicyclic) bond motifs is 1. The molecule has 3 aliphatic heterocycles. The van der Waals surface area contributed by atoms with Gasteiger partial charge in [0.2, 0.25) is 5.91 Å². The van der Waals surface area contributed by atoms with Gasteiger partial charge in [-0.3, -0.25) is 19.3 Å². The highest BCUT2D eigenvalue weighted by Gasteiger charge is 2.41. The smallest absolute Gasteiger partial charge is 0.273 e. The van der Waals surface area contributed by atoms with Crippen molar-refractivity contribution in [1.82, 2.24) is 25.0 Å². The van der Waals surface area contributed by atoms with E-state index in [1.807, 2.05) is 46.7 Å². The third-order valence-electron chi connectivity index (χ3n) is 12.5. The third kappa shape index (κ3) is 11.5. The van der Waals surface area contributed by atoms with Crippen LogP contribution in [0, 0.1) is 5.82 Å². The zero-order valence-electron chi connectivity index (χ0n) is 35.5. The number of ether oxygens (including phenoxy) is 3. The fraction of sp³-hybridized carbons (Fsp3) is 0.609. The summed E-state index contributed by atoms with van der Waals surface area (Å²) in [5.41, 5.74) is 3.19. The first kappa shape index (κ1) is 44.1. The number of morpholine rings is 1. The molecule has 2 N–H and O–H groups in total. The van der Waals surface area contributed by atoms with E-state index in [2.05, 4.69) is 39.3 Å². The van der Waals surface area contributed by atoms with Gasteiger partial charge in [0.05, 0.1) is 49.1 Å². The quantitative estimate of drug-likeness (QED) is 0.115. The van der Waals surface area contributed by atoms with Crippen LogP contribution < -0.4 is 15.4 Å². The van der Waals surface area contributed by atoms with Gasteiger partial charge in [-0.15, -0.1) is 11.3 Å². The third-order valence-corrected chi connectivity index (χ3v) is 13.6. The Balaban J connectivity index is 0.833. The molecule has 0 unspecified atom stereocenters. The number of amides is 3. The molecule has 60 heavy (non-hydrogen) atoms. The summed E-state index contributed by atoms with van der Waals surface area (Å²) in [6.45, 7) is 10.6. The van der Waals surface area contributed by atoms with E-state index in [0.717, 1.165) is 80.9 Å². The SMILES string of the molecule is CC(C)c1nc(C(=O)N2CCOC3(CCN(Cc4cccc(CCOCCC(=O)N(CCNCCc5cccc6c5OCC(=O)N6)C5CCCCCC5)c4F)CC3)C2)cs1. The number of benzene rings is 2. The molecule has 2 saturated heterocycles. The van der Waals surface area contributed by atoms with Crippen LogP contribution >= 0.6 is 11.3 Å². The predicted octanol–water partition coefficient (Wildman–Crippen LogP) is 6.58. The summed E-state index contributed by atoms with van der Waals surface area (Å²) >= 11 is 1.54. The molecule has 12 nitrogen and oxygen atoms in total. The van der Waals surface area contributed by atoms with Gasteiger partial charge in [-0.25, -0.2) is 9.37 Å². The van der Waals surface area contributed by atoms with Crippen LogP contribution in [0.2, 0.25) is 0 Å². The molecule has 1 saturated carbocycles. The van der Waals surface area contributed by atoms with Crippen molar-refractivity contribution in [3.8, 4) is 5.75 Å². The minimum Gasteiger partial charge on any atom is -0.481 e. The topological polar surface area (TPSA) is 126 Å². The Morgan fingerprint density at radius 1 is 1.02 bits per heavy atom. The van der Waals surface area contributed by atoms with Gasteiger partial charge in [0.25, 0.3) is 11.8 Å². The van der Waals surface area contributed by atoms with E-state index in [-0.39, 0.29) is 41.8 Å². The molecule has 0 bridgehead atoms. The van der Waals surface area contributed by atoms with Crippen molar-refractivity contribution in [3.05, 3.63) is 75.0 Å². The number of piperidine rings is 1. The van der Waals surface area contributed by atoms with Crippen LogP contribution in [0.25, 0.3) is 0 Å². The highest BCUT2D eigenvalue weighted by atomic mass is 32.1. The molecule has 7 rings (SSSR count). The Morgan fingerprint density at radius 3 is 2.57 bits per heavy atom. The normalized spacial score (nSPS) is 18.5. The second kappa shape index (κ2) is 21.2. The molecule has 0 atom stereocenters. The number of carbonyl (C=O) groups is 3. The lowest BCUT2D eigenvalue weighted by atomic mass is 9.89. The molecule has 3 amide bonds. The number of nitrogens with one attached hydrogen (secondary N) is 2. The summed E-state index contributed by atoms with van der Waals surface area (Å²) < 4.78 is 33.8. The number of hydrogen-bond donors (Lipinski definition) is 2. The van der Waals surface area contributed by atoms with Gasteiger partial charge in [0, 0.05) is 62.2 Å². The van der Waals surface area contributed by atoms with E-state index < -0.39 is 0 Å². The average molecular weight is 847 g/mol. The highest BCUT2D eigenvalue weighted by molar-refractivity contribution is 7.09. The maximum atomic E-state index is 15.8. The molecule has 1 spiro atoms. The van der Waals surface area contributed by atoms with Crippen molar-refractivity contribution in [3.63, 3.8) is 0 Å². The minimum absolute atomic E-state index is 0.0249. The van der Waals surface area contributed by atoms with Crippen LogP contribution in [0.4, 0.5) is 10.1 Å². The molecule has 4 heterocycles. The number of aromatic nitrogens is 1. The number of rotatable bonds is 17. The van der Waals surface area contributed by atoms with E-state index in [1.165, 1.54) is 24.2 Å². The molecule has 1 aliphatic carbocycles. The van der Waals surface area contributed by atoms with Crippen LogP contribution in [0.5, 0.6) is 5.75 Å². The molecular weight excluding hydrogens is 784 g/mol. The lowest BCUT2D eigenvalue weighted by Gasteiger charge is -2.47. The maximum Gasteiger partial charge on any atom is 0.273 e. The number of hydrogen-bond acceptors (Lipinski definition) is 10. The van der Waals surface area contributed by atoms with E-state index >= 15 is 4.39 Å². The zero-order chi connectivity index (χ0) is 41.9. The number of carbonyl (C=O) groups excluding carboxylic acids is 3. The summed E-state index contributed by atoms with van der Waals surface area (Å²) in [4.78, 5) is 49.5. The number of halogens is 1. The predicted molar refractivity (Wildman–Crippen MR) is 231 cm³/mol. The van der Waals surface area contributed by atoms with Crippen LogP contribution in [0.15, 0.2) is 41.8 Å². The summed E-state index contributed by atoms with van der Waals surface area (Å²) in [5.74, 6) is 0.785. The van der Waals surface area contributed by atoms with Crippen LogP contribution in [0.3, 0.4) is 0 Å². The number of para-hydroxylation sites is 1. The van der Waals surface area contributed by atoms with Crippen molar-refractivity contribution in [2.24, 2.45) is 0 Å². The molecule has 326 valence electrons. The number of nitrogens with zero attached hydrogens (tertiary/aromatic N) is 4. The molecule has 1 aromatic heterocycles. The number of anilines is 1. The Bertz CT molecular complexity index is 1910. The van der Waals surface area contributed by atoms with Gasteiger partial charge in [0.1, 0.15) is 17.3 Å². The molecular formula is C46H63FN6O6S. The molecule has 0 radical (unpaired) electrons. The van der Waals surface area contributed by atoms with Gasteiger partial charge in [-0.05, 0) is 62.3 Å². The second-order valence-corrected chi connectivity index (χ2v) is 18.0. The first-order chi connectivity index (χ1) is 29.2. The largest absolute Gasteiger partial charge is 0.481 e. The highest BCUT2D eigenvalue weighted by Crippen LogP contribution is 2.33. The van der Waals surface area contributed by atoms with Crippen molar-refractivity contribution >= 4 is 34.7 Å². The van der Waals surface area contributed by atoms with Gasteiger partial charge < -0.3 is 34.6 Å². The fourth-order valence-electron chi connectivity index (χ4n) is 9.03. The van der Waals surface area contributed by atoms with Crippen LogP contribution in [-0.4, -0.2) is 121 Å². The molecule has 3 fully saturated rings. The number of likely N-dealkylation sites (tertiary alicyclic amines) is 1. The van der Waals surface area contributed by atoms with Crippen molar-refractivity contribution in [2.45, 2.75) is 109 Å². The van der Waals surface area contributed by atoms with Gasteiger partial charge >= 0.3 is 0 Å². The average Bonchev–Trinajstić information content (AvgIpc) is 3.61. The second-order valence-electron chi connectivity index (χ2n) is 17.1. The summed E-state index contributed by atoms with van der Waals surface area (Å²) in [5, 5.41) is 9.23. The first-order valence-corrected chi connectivity index (χ1v) is 23.1. The van der Waals surface area contributed by atoms with E-state index in [4.69, 9.17) is 14.2 Å². The summed E-state index contributed by atoms with van der Waals surface area (Å²) in [6, 6.07) is 11.6. The zero-order valence-corrected chi connectivity index (χ0v) is 36.3. The lowest BCUT2D eigenvalue weighted by Crippen LogP contribution is -2.58. The van der Waals surface area contributed by atoms with Crippen molar-refractivity contribution in [1.29, 1.82) is 0 Å². The van der Waals surface area contributed by atoms with Crippen LogP contribution in [-0.2, 0) is 38.4 Å². The first-order valence-electron chi connectivity index (χ1n) is 22.2. The molecule has 2 aromatic carbocycles. The number of thiazole rings is 1. The minimum atomic E-state index is -0.383. The van der Waals surface area contributed by atoms with Gasteiger partial charge in [-0.2, -0.15) is 0 Å². The van der Waals surface area contributed by atoms with Crippen LogP contribution in [0.1, 0.15) is 110 Å². The van der Waals surface area contributed by atoms with Gasteiger partial charge in [-0.1, -0.05) is 69.9 Å². The van der Waals surface area contributed by atoms with Crippen molar-refractivity contribution in [2.75, 3.05) is 77.6 Å². The van der Waals surface area contributed by atoms with Gasteiger partial charge in [0.15, 0.2) is 6.61 Å². The monoisotopic (exact) mass is 846 g/mol. The Labute approximate surface area is 358 Å². The fourth-order valence-corrected chi connectivity index (χ4v) is 9.84. The Hall–Kier alpha value is -3.95. The summed E-state index contributed by atoms with van der Waals surface area (Å²) in [6.07, 6.45) is 9.81. The Morgan fingerprint density at radius 2 is 1.78 bits per heavy atom. The maximum absolute atomic E-state index is 15.8. The molecule has 3 aromatic rings.